The summed E-state index contributed by atoms with van der Waals surface area (Å²) in [6.07, 6.45) is 13.0. The lowest BCUT2D eigenvalue weighted by atomic mass is 9.98. The number of carbonyl (C=O) groups excluding carboxylic acids is 2. The van der Waals surface area contributed by atoms with Crippen molar-refractivity contribution < 1.29 is 19.1 Å². The molecule has 6 heteroatoms. The molecule has 0 heterocycles. The highest BCUT2D eigenvalue weighted by molar-refractivity contribution is 6.39. The molecule has 1 saturated carbocycles. The summed E-state index contributed by atoms with van der Waals surface area (Å²) in [5, 5.41) is 5.57. The van der Waals surface area contributed by atoms with Crippen LogP contribution in [0.1, 0.15) is 70.6 Å². The van der Waals surface area contributed by atoms with Gasteiger partial charge in [-0.2, -0.15) is 0 Å². The van der Waals surface area contributed by atoms with Crippen molar-refractivity contribution in [3.05, 3.63) is 18.2 Å². The Hall–Kier alpha value is -2.24. The highest BCUT2D eigenvalue weighted by Crippen LogP contribution is 2.29. The Morgan fingerprint density at radius 3 is 1.86 bits per heavy atom. The van der Waals surface area contributed by atoms with Crippen molar-refractivity contribution in [2.24, 2.45) is 0 Å². The molecule has 1 aromatic rings. The predicted molar refractivity (Wildman–Crippen MR) is 111 cm³/mol. The van der Waals surface area contributed by atoms with Gasteiger partial charge in [0.15, 0.2) is 11.5 Å². The van der Waals surface area contributed by atoms with E-state index in [-0.39, 0.29) is 6.04 Å². The molecule has 0 atom stereocenters. The molecule has 1 fully saturated rings. The molecule has 2 N–H and O–H groups in total. The van der Waals surface area contributed by atoms with Crippen molar-refractivity contribution in [2.45, 2.75) is 76.7 Å². The van der Waals surface area contributed by atoms with Crippen LogP contribution in [0.4, 0.5) is 5.69 Å². The zero-order chi connectivity index (χ0) is 20.2. The topological polar surface area (TPSA) is 76.7 Å². The second-order valence-electron chi connectivity index (χ2n) is 7.45. The molecule has 0 unspecified atom stereocenters. The number of methoxy groups -OCH3 is 2. The first-order chi connectivity index (χ1) is 13.6. The Labute approximate surface area is 168 Å². The van der Waals surface area contributed by atoms with Crippen LogP contribution in [0.15, 0.2) is 18.2 Å². The van der Waals surface area contributed by atoms with E-state index in [1.165, 1.54) is 52.1 Å². The van der Waals surface area contributed by atoms with Gasteiger partial charge in [0.05, 0.1) is 14.2 Å². The summed E-state index contributed by atoms with van der Waals surface area (Å²) in [7, 11) is 3.08. The van der Waals surface area contributed by atoms with E-state index in [2.05, 4.69) is 10.6 Å². The molecule has 0 aliphatic heterocycles. The van der Waals surface area contributed by atoms with Crippen molar-refractivity contribution in [3.8, 4) is 11.5 Å². The van der Waals surface area contributed by atoms with Gasteiger partial charge in [-0.15, -0.1) is 0 Å². The molecular weight excluding hydrogens is 356 g/mol. The van der Waals surface area contributed by atoms with Gasteiger partial charge in [0.1, 0.15) is 0 Å². The SMILES string of the molecule is COc1ccc(NC(=O)C(=O)NC2CCCCCCCCCCC2)cc1OC. The van der Waals surface area contributed by atoms with Gasteiger partial charge >= 0.3 is 11.8 Å². The summed E-state index contributed by atoms with van der Waals surface area (Å²) in [6, 6.07) is 5.09. The van der Waals surface area contributed by atoms with E-state index in [0.717, 1.165) is 25.7 Å². The Morgan fingerprint density at radius 1 is 0.786 bits per heavy atom. The minimum atomic E-state index is -0.654. The number of ether oxygens (including phenoxy) is 2. The van der Waals surface area contributed by atoms with Crippen LogP contribution in [0.25, 0.3) is 0 Å². The van der Waals surface area contributed by atoms with Crippen molar-refractivity contribution in [1.29, 1.82) is 0 Å². The zero-order valence-electron chi connectivity index (χ0n) is 17.2. The highest BCUT2D eigenvalue weighted by atomic mass is 16.5. The van der Waals surface area contributed by atoms with Crippen molar-refractivity contribution >= 4 is 17.5 Å². The van der Waals surface area contributed by atoms with Crippen LogP contribution in [0.3, 0.4) is 0 Å². The maximum atomic E-state index is 12.4. The third kappa shape index (κ3) is 7.41. The van der Waals surface area contributed by atoms with Gasteiger partial charge in [-0.25, -0.2) is 0 Å². The van der Waals surface area contributed by atoms with Crippen molar-refractivity contribution in [2.75, 3.05) is 19.5 Å². The fourth-order valence-corrected chi connectivity index (χ4v) is 3.66. The van der Waals surface area contributed by atoms with Gasteiger partial charge in [0.2, 0.25) is 0 Å². The Balaban J connectivity index is 1.89. The molecule has 6 nitrogen and oxygen atoms in total. The fourth-order valence-electron chi connectivity index (χ4n) is 3.66. The Bertz CT molecular complexity index is 621. The van der Waals surface area contributed by atoms with Gasteiger partial charge in [-0.05, 0) is 25.0 Å². The van der Waals surface area contributed by atoms with Crippen LogP contribution in [0.5, 0.6) is 11.5 Å². The first-order valence-electron chi connectivity index (χ1n) is 10.5. The van der Waals surface area contributed by atoms with E-state index in [1.807, 2.05) is 0 Å². The number of carbonyl (C=O) groups is 2. The molecule has 0 saturated heterocycles. The maximum absolute atomic E-state index is 12.4. The fraction of sp³-hybridized carbons (Fsp3) is 0.636. The van der Waals surface area contributed by atoms with E-state index in [1.54, 1.807) is 25.3 Å². The standard InChI is InChI=1S/C22H34N2O4/c1-27-19-15-14-18(16-20(19)28-2)24-22(26)21(25)23-17-12-10-8-6-4-3-5-7-9-11-13-17/h14-17H,3-13H2,1-2H3,(H,23,25)(H,24,26). The first-order valence-corrected chi connectivity index (χ1v) is 10.5. The van der Waals surface area contributed by atoms with Crippen molar-refractivity contribution in [1.82, 2.24) is 5.32 Å². The van der Waals surface area contributed by atoms with Crippen LogP contribution >= 0.6 is 0 Å². The quantitative estimate of drug-likeness (QED) is 0.746. The minimum Gasteiger partial charge on any atom is -0.493 e. The molecular formula is C22H34N2O4. The average molecular weight is 391 g/mol. The lowest BCUT2D eigenvalue weighted by Gasteiger charge is -2.19. The lowest BCUT2D eigenvalue weighted by Crippen LogP contribution is -2.41. The largest absolute Gasteiger partial charge is 0.493 e. The number of rotatable bonds is 4. The van der Waals surface area contributed by atoms with E-state index in [9.17, 15) is 9.59 Å². The number of nitrogens with one attached hydrogen (secondary N) is 2. The third-order valence-electron chi connectivity index (χ3n) is 5.29. The van der Waals surface area contributed by atoms with Crippen LogP contribution in [-0.4, -0.2) is 32.1 Å². The number of anilines is 1. The van der Waals surface area contributed by atoms with Gasteiger partial charge < -0.3 is 20.1 Å². The predicted octanol–water partition coefficient (Wildman–Crippen LogP) is 4.43. The summed E-state index contributed by atoms with van der Waals surface area (Å²) >= 11 is 0. The molecule has 0 aromatic heterocycles. The Morgan fingerprint density at radius 2 is 1.32 bits per heavy atom. The smallest absolute Gasteiger partial charge is 0.313 e. The van der Waals surface area contributed by atoms with Crippen LogP contribution in [-0.2, 0) is 9.59 Å². The van der Waals surface area contributed by atoms with Gasteiger partial charge in [0.25, 0.3) is 0 Å². The molecule has 0 radical (unpaired) electrons. The van der Waals surface area contributed by atoms with E-state index in [0.29, 0.717) is 17.2 Å². The molecule has 2 amide bonds. The molecule has 28 heavy (non-hydrogen) atoms. The minimum absolute atomic E-state index is 0.0723. The summed E-state index contributed by atoms with van der Waals surface area (Å²) in [4.78, 5) is 24.7. The molecule has 156 valence electrons. The summed E-state index contributed by atoms with van der Waals surface area (Å²) in [5.41, 5.74) is 0.497. The molecule has 0 bridgehead atoms. The Kier molecular flexibility index (Phi) is 9.66. The molecule has 1 aliphatic carbocycles. The molecule has 1 aliphatic rings. The highest BCUT2D eigenvalue weighted by Gasteiger charge is 2.19. The number of hydrogen-bond acceptors (Lipinski definition) is 4. The first kappa shape index (κ1) is 22.1. The summed E-state index contributed by atoms with van der Waals surface area (Å²) in [6.45, 7) is 0. The lowest BCUT2D eigenvalue weighted by molar-refractivity contribution is -0.136. The van der Waals surface area contributed by atoms with E-state index in [4.69, 9.17) is 9.47 Å². The number of hydrogen-bond donors (Lipinski definition) is 2. The number of benzene rings is 1. The second-order valence-corrected chi connectivity index (χ2v) is 7.45. The average Bonchev–Trinajstić information content (AvgIpc) is 2.69. The molecule has 1 aromatic carbocycles. The maximum Gasteiger partial charge on any atom is 0.313 e. The van der Waals surface area contributed by atoms with Gasteiger partial charge in [0, 0.05) is 17.8 Å². The van der Waals surface area contributed by atoms with Gasteiger partial charge in [-0.3, -0.25) is 9.59 Å². The van der Waals surface area contributed by atoms with Crippen LogP contribution < -0.4 is 20.1 Å². The second kappa shape index (κ2) is 12.3. The van der Waals surface area contributed by atoms with Gasteiger partial charge in [-0.1, -0.05) is 57.8 Å². The summed E-state index contributed by atoms with van der Waals surface area (Å²) < 4.78 is 10.4. The van der Waals surface area contributed by atoms with Crippen LogP contribution in [0.2, 0.25) is 0 Å². The van der Waals surface area contributed by atoms with E-state index < -0.39 is 11.8 Å². The monoisotopic (exact) mass is 390 g/mol. The van der Waals surface area contributed by atoms with Crippen LogP contribution in [0, 0.1) is 0 Å². The normalized spacial score (nSPS) is 16.9. The summed E-state index contributed by atoms with van der Waals surface area (Å²) in [5.74, 6) is -0.164. The number of amides is 2. The third-order valence-corrected chi connectivity index (χ3v) is 5.29. The molecule has 0 spiro atoms. The van der Waals surface area contributed by atoms with Crippen molar-refractivity contribution in [3.63, 3.8) is 0 Å². The van der Waals surface area contributed by atoms with E-state index >= 15 is 0 Å². The zero-order valence-corrected chi connectivity index (χ0v) is 17.2. The molecule has 2 rings (SSSR count).